The Balaban J connectivity index is 2.28. The van der Waals surface area contributed by atoms with E-state index in [4.69, 9.17) is 11.6 Å². The van der Waals surface area contributed by atoms with Gasteiger partial charge in [0.1, 0.15) is 10.8 Å². The fourth-order valence-corrected chi connectivity index (χ4v) is 2.56. The van der Waals surface area contributed by atoms with Crippen LogP contribution in [0.5, 0.6) is 0 Å². The van der Waals surface area contributed by atoms with Gasteiger partial charge in [0.2, 0.25) is 0 Å². The van der Waals surface area contributed by atoms with Gasteiger partial charge < -0.3 is 0 Å². The number of benzene rings is 1. The molecule has 0 aliphatic heterocycles. The summed E-state index contributed by atoms with van der Waals surface area (Å²) in [4.78, 5) is 16.2. The number of Topliss-reactive ketones (excluding diaryl/α,β-unsaturated/α-hetero) is 1. The van der Waals surface area contributed by atoms with Gasteiger partial charge in [0, 0.05) is 28.1 Å². The number of halogens is 1. The van der Waals surface area contributed by atoms with E-state index < -0.39 is 0 Å². The number of carbonyl (C=O) groups is 1. The van der Waals surface area contributed by atoms with Crippen LogP contribution in [-0.2, 0) is 11.2 Å². The van der Waals surface area contributed by atoms with Crippen molar-refractivity contribution in [1.82, 2.24) is 4.98 Å². The molecule has 0 spiro atoms. The Morgan fingerprint density at radius 2 is 2.31 bits per heavy atom. The predicted molar refractivity (Wildman–Crippen MR) is 66.9 cm³/mol. The molecule has 0 bridgehead atoms. The fraction of sp³-hybridized carbons (Fsp3) is 0.167. The minimum atomic E-state index is 0.154. The smallest absolute Gasteiger partial charge is 0.135 e. The van der Waals surface area contributed by atoms with Gasteiger partial charge in [0.25, 0.3) is 0 Å². The number of nitrogens with zero attached hydrogens (tertiary/aromatic N) is 1. The van der Waals surface area contributed by atoms with Gasteiger partial charge in [-0.3, -0.25) is 4.79 Å². The number of carbonyl (C=O) groups excluding carboxylic acids is 1. The van der Waals surface area contributed by atoms with Gasteiger partial charge in [-0.15, -0.1) is 11.3 Å². The van der Waals surface area contributed by atoms with Gasteiger partial charge >= 0.3 is 0 Å². The van der Waals surface area contributed by atoms with E-state index in [-0.39, 0.29) is 5.78 Å². The number of hydrogen-bond donors (Lipinski definition) is 0. The van der Waals surface area contributed by atoms with Gasteiger partial charge in [-0.05, 0) is 19.1 Å². The molecule has 1 heterocycles. The quantitative estimate of drug-likeness (QED) is 0.834. The molecule has 0 N–H and O–H groups in total. The standard InChI is InChI=1S/C12H10ClNOS/c1-8(15)5-11-7-14-12(16-11)9-3-2-4-10(13)6-9/h2-4,6-7H,5H2,1H3. The van der Waals surface area contributed by atoms with E-state index in [1.165, 1.54) is 11.3 Å². The summed E-state index contributed by atoms with van der Waals surface area (Å²) in [5.74, 6) is 0.154. The number of thiazole rings is 1. The molecular formula is C12H10ClNOS. The van der Waals surface area contributed by atoms with E-state index in [2.05, 4.69) is 4.98 Å². The van der Waals surface area contributed by atoms with Crippen LogP contribution in [0.15, 0.2) is 30.5 Å². The summed E-state index contributed by atoms with van der Waals surface area (Å²) in [5, 5.41) is 1.60. The molecule has 0 aliphatic rings. The molecule has 0 aliphatic carbocycles. The van der Waals surface area contributed by atoms with Crippen molar-refractivity contribution in [3.8, 4) is 10.6 Å². The van der Waals surface area contributed by atoms with E-state index in [1.54, 1.807) is 13.1 Å². The molecule has 1 aromatic heterocycles. The molecule has 0 radical (unpaired) electrons. The molecule has 16 heavy (non-hydrogen) atoms. The molecular weight excluding hydrogens is 242 g/mol. The largest absolute Gasteiger partial charge is 0.300 e. The van der Waals surface area contributed by atoms with Crippen LogP contribution in [0.1, 0.15) is 11.8 Å². The predicted octanol–water partition coefficient (Wildman–Crippen LogP) is 3.60. The lowest BCUT2D eigenvalue weighted by molar-refractivity contribution is -0.116. The van der Waals surface area contributed by atoms with Crippen LogP contribution in [0, 0.1) is 0 Å². The van der Waals surface area contributed by atoms with Crippen LogP contribution in [-0.4, -0.2) is 10.8 Å². The first-order valence-corrected chi connectivity index (χ1v) is 6.04. The maximum atomic E-state index is 11.0. The fourth-order valence-electron chi connectivity index (χ4n) is 1.39. The second-order valence-corrected chi connectivity index (χ2v) is 5.07. The van der Waals surface area contributed by atoms with Gasteiger partial charge in [0.05, 0.1) is 0 Å². The third kappa shape index (κ3) is 2.68. The molecule has 0 unspecified atom stereocenters. The maximum absolute atomic E-state index is 11.0. The van der Waals surface area contributed by atoms with E-state index >= 15 is 0 Å². The summed E-state index contributed by atoms with van der Waals surface area (Å²) in [6.45, 7) is 1.58. The third-order valence-corrected chi connectivity index (χ3v) is 3.33. The summed E-state index contributed by atoms with van der Waals surface area (Å²) in [7, 11) is 0. The van der Waals surface area contributed by atoms with Crippen molar-refractivity contribution < 1.29 is 4.79 Å². The zero-order valence-corrected chi connectivity index (χ0v) is 10.3. The van der Waals surface area contributed by atoms with Crippen molar-refractivity contribution in [2.75, 3.05) is 0 Å². The zero-order chi connectivity index (χ0) is 11.5. The van der Waals surface area contributed by atoms with Gasteiger partial charge in [0.15, 0.2) is 0 Å². The van der Waals surface area contributed by atoms with Crippen LogP contribution >= 0.6 is 22.9 Å². The van der Waals surface area contributed by atoms with Crippen LogP contribution < -0.4 is 0 Å². The zero-order valence-electron chi connectivity index (χ0n) is 8.74. The first-order chi connectivity index (χ1) is 7.65. The highest BCUT2D eigenvalue weighted by Crippen LogP contribution is 2.27. The third-order valence-electron chi connectivity index (χ3n) is 2.05. The molecule has 0 amide bonds. The van der Waals surface area contributed by atoms with Crippen molar-refractivity contribution in [1.29, 1.82) is 0 Å². The Morgan fingerprint density at radius 1 is 1.50 bits per heavy atom. The molecule has 82 valence electrons. The van der Waals surface area contributed by atoms with Crippen LogP contribution in [0.25, 0.3) is 10.6 Å². The number of ketones is 1. The Morgan fingerprint density at radius 3 is 3.00 bits per heavy atom. The molecule has 2 rings (SSSR count). The highest BCUT2D eigenvalue weighted by Gasteiger charge is 2.06. The lowest BCUT2D eigenvalue weighted by Gasteiger charge is -1.95. The first-order valence-electron chi connectivity index (χ1n) is 4.85. The average molecular weight is 252 g/mol. The van der Waals surface area contributed by atoms with Crippen LogP contribution in [0.2, 0.25) is 5.02 Å². The van der Waals surface area contributed by atoms with Crippen molar-refractivity contribution >= 4 is 28.7 Å². The molecule has 1 aromatic carbocycles. The van der Waals surface area contributed by atoms with E-state index in [0.29, 0.717) is 11.4 Å². The topological polar surface area (TPSA) is 30.0 Å². The SMILES string of the molecule is CC(=O)Cc1cnc(-c2cccc(Cl)c2)s1. The molecule has 0 atom stereocenters. The highest BCUT2D eigenvalue weighted by molar-refractivity contribution is 7.15. The maximum Gasteiger partial charge on any atom is 0.135 e. The van der Waals surface area contributed by atoms with Gasteiger partial charge in [-0.1, -0.05) is 23.7 Å². The average Bonchev–Trinajstić information content (AvgIpc) is 2.65. The Kier molecular flexibility index (Phi) is 3.36. The monoisotopic (exact) mass is 251 g/mol. The molecule has 0 saturated carbocycles. The number of rotatable bonds is 3. The Labute approximate surface area is 103 Å². The minimum Gasteiger partial charge on any atom is -0.300 e. The summed E-state index contributed by atoms with van der Waals surface area (Å²) in [6, 6.07) is 7.55. The number of aromatic nitrogens is 1. The van der Waals surface area contributed by atoms with E-state index in [9.17, 15) is 4.79 Å². The van der Waals surface area contributed by atoms with E-state index in [1.807, 2.05) is 24.3 Å². The molecule has 2 nitrogen and oxygen atoms in total. The summed E-state index contributed by atoms with van der Waals surface area (Å²) in [5.41, 5.74) is 0.993. The van der Waals surface area contributed by atoms with Gasteiger partial charge in [-0.25, -0.2) is 4.98 Å². The Hall–Kier alpha value is -1.19. The van der Waals surface area contributed by atoms with Crippen molar-refractivity contribution in [3.63, 3.8) is 0 Å². The summed E-state index contributed by atoms with van der Waals surface area (Å²) in [6.07, 6.45) is 2.21. The normalized spacial score (nSPS) is 10.4. The summed E-state index contributed by atoms with van der Waals surface area (Å²) < 4.78 is 0. The summed E-state index contributed by atoms with van der Waals surface area (Å²) >= 11 is 7.44. The Bertz CT molecular complexity index is 521. The molecule has 0 saturated heterocycles. The van der Waals surface area contributed by atoms with E-state index in [0.717, 1.165) is 15.4 Å². The highest BCUT2D eigenvalue weighted by atomic mass is 35.5. The second-order valence-electron chi connectivity index (χ2n) is 3.52. The molecule has 2 aromatic rings. The van der Waals surface area contributed by atoms with Crippen LogP contribution in [0.4, 0.5) is 0 Å². The lowest BCUT2D eigenvalue weighted by atomic mass is 10.2. The van der Waals surface area contributed by atoms with Crippen molar-refractivity contribution in [2.24, 2.45) is 0 Å². The minimum absolute atomic E-state index is 0.154. The molecule has 4 heteroatoms. The molecule has 0 fully saturated rings. The first kappa shape index (κ1) is 11.3. The number of hydrogen-bond acceptors (Lipinski definition) is 3. The lowest BCUT2D eigenvalue weighted by Crippen LogP contribution is -1.92. The van der Waals surface area contributed by atoms with Gasteiger partial charge in [-0.2, -0.15) is 0 Å². The van der Waals surface area contributed by atoms with Crippen molar-refractivity contribution in [3.05, 3.63) is 40.4 Å². The van der Waals surface area contributed by atoms with Crippen LogP contribution in [0.3, 0.4) is 0 Å². The van der Waals surface area contributed by atoms with Crippen molar-refractivity contribution in [2.45, 2.75) is 13.3 Å². The second kappa shape index (κ2) is 4.76.